The first kappa shape index (κ1) is 12.8. The summed E-state index contributed by atoms with van der Waals surface area (Å²) in [5.41, 5.74) is 6.74. The Kier molecular flexibility index (Phi) is 4.18. The van der Waals surface area contributed by atoms with Crippen LogP contribution in [-0.4, -0.2) is 20.0 Å². The molecule has 0 fully saturated rings. The zero-order valence-electron chi connectivity index (χ0n) is 9.25. The van der Waals surface area contributed by atoms with E-state index in [1.165, 1.54) is 30.1 Å². The Morgan fingerprint density at radius 3 is 2.50 bits per heavy atom. The van der Waals surface area contributed by atoms with E-state index in [0.29, 0.717) is 11.3 Å². The number of nitrogens with zero attached hydrogens (tertiary/aromatic N) is 1. The third-order valence-electron chi connectivity index (χ3n) is 2.30. The molecule has 0 aliphatic rings. The van der Waals surface area contributed by atoms with Crippen molar-refractivity contribution in [3.63, 3.8) is 0 Å². The molecular weight excluding hydrogens is 217 g/mol. The van der Waals surface area contributed by atoms with E-state index in [0.717, 1.165) is 0 Å². The fourth-order valence-electron chi connectivity index (χ4n) is 1.54. The molecule has 1 rings (SSSR count). The van der Waals surface area contributed by atoms with E-state index in [9.17, 15) is 13.2 Å². The first-order chi connectivity index (χ1) is 7.41. The Labute approximate surface area is 92.9 Å². The van der Waals surface area contributed by atoms with Crippen molar-refractivity contribution >= 4 is 5.69 Å². The van der Waals surface area contributed by atoms with Crippen LogP contribution in [0.25, 0.3) is 0 Å². The molecule has 2 nitrogen and oxygen atoms in total. The molecule has 0 saturated carbocycles. The van der Waals surface area contributed by atoms with E-state index < -0.39 is 24.8 Å². The normalized spacial score (nSPS) is 12.9. The summed E-state index contributed by atoms with van der Waals surface area (Å²) in [4.78, 5) is 1.38. The highest BCUT2D eigenvalue weighted by Crippen LogP contribution is 2.25. The molecule has 0 aromatic heterocycles. The SMILES string of the molecule is C[C@@H](N)c1cc(F)ccc1N(C)CC(F)F. The minimum Gasteiger partial charge on any atom is -0.369 e. The molecule has 0 unspecified atom stereocenters. The summed E-state index contributed by atoms with van der Waals surface area (Å²) >= 11 is 0. The lowest BCUT2D eigenvalue weighted by molar-refractivity contribution is 0.156. The monoisotopic (exact) mass is 232 g/mol. The Bertz CT molecular complexity index is 353. The lowest BCUT2D eigenvalue weighted by Crippen LogP contribution is -2.26. The summed E-state index contributed by atoms with van der Waals surface area (Å²) in [5, 5.41) is 0. The highest BCUT2D eigenvalue weighted by Gasteiger charge is 2.14. The molecule has 0 spiro atoms. The smallest absolute Gasteiger partial charge is 0.255 e. The maximum atomic E-state index is 13.0. The zero-order valence-corrected chi connectivity index (χ0v) is 9.25. The summed E-state index contributed by atoms with van der Waals surface area (Å²) in [7, 11) is 1.53. The van der Waals surface area contributed by atoms with Crippen LogP contribution >= 0.6 is 0 Å². The highest BCUT2D eigenvalue weighted by atomic mass is 19.3. The molecule has 0 aliphatic carbocycles. The van der Waals surface area contributed by atoms with Gasteiger partial charge in [-0.15, -0.1) is 0 Å². The lowest BCUT2D eigenvalue weighted by Gasteiger charge is -2.23. The average molecular weight is 232 g/mol. The molecule has 0 heterocycles. The van der Waals surface area contributed by atoms with Gasteiger partial charge in [-0.1, -0.05) is 0 Å². The maximum Gasteiger partial charge on any atom is 0.255 e. The predicted octanol–water partition coefficient (Wildman–Crippen LogP) is 2.55. The fourth-order valence-corrected chi connectivity index (χ4v) is 1.54. The molecule has 0 amide bonds. The van der Waals surface area contributed by atoms with Crippen molar-refractivity contribution in [3.05, 3.63) is 29.6 Å². The average Bonchev–Trinajstić information content (AvgIpc) is 2.16. The largest absolute Gasteiger partial charge is 0.369 e. The van der Waals surface area contributed by atoms with Gasteiger partial charge in [-0.25, -0.2) is 13.2 Å². The molecular formula is C11H15F3N2. The lowest BCUT2D eigenvalue weighted by atomic mass is 10.1. The van der Waals surface area contributed by atoms with Crippen LogP contribution in [0.5, 0.6) is 0 Å². The standard InChI is InChI=1S/C11H15F3N2/c1-7(15)9-5-8(12)3-4-10(9)16(2)6-11(13)14/h3-5,7,11H,6,15H2,1-2H3/t7-/m1/s1. The van der Waals surface area contributed by atoms with Gasteiger partial charge in [-0.2, -0.15) is 0 Å². The first-order valence-corrected chi connectivity index (χ1v) is 4.96. The molecule has 0 bridgehead atoms. The van der Waals surface area contributed by atoms with Crippen LogP contribution in [-0.2, 0) is 0 Å². The van der Waals surface area contributed by atoms with Crippen molar-refractivity contribution in [1.82, 2.24) is 0 Å². The second-order valence-electron chi connectivity index (χ2n) is 3.76. The number of alkyl halides is 2. The van der Waals surface area contributed by atoms with Gasteiger partial charge in [0.05, 0.1) is 6.54 Å². The minimum absolute atomic E-state index is 0.397. The molecule has 0 aliphatic heterocycles. The van der Waals surface area contributed by atoms with Crippen molar-refractivity contribution in [2.75, 3.05) is 18.5 Å². The van der Waals surface area contributed by atoms with Crippen LogP contribution < -0.4 is 10.6 Å². The minimum atomic E-state index is -2.43. The highest BCUT2D eigenvalue weighted by molar-refractivity contribution is 5.54. The van der Waals surface area contributed by atoms with Gasteiger partial charge in [-0.3, -0.25) is 0 Å². The van der Waals surface area contributed by atoms with Gasteiger partial charge >= 0.3 is 0 Å². The molecule has 5 heteroatoms. The van der Waals surface area contributed by atoms with Gasteiger partial charge < -0.3 is 10.6 Å². The molecule has 0 radical (unpaired) electrons. The number of benzene rings is 1. The summed E-state index contributed by atoms with van der Waals surface area (Å²) < 4.78 is 37.5. The van der Waals surface area contributed by atoms with Gasteiger partial charge in [0.1, 0.15) is 5.82 Å². The van der Waals surface area contributed by atoms with Crippen molar-refractivity contribution in [1.29, 1.82) is 0 Å². The molecule has 16 heavy (non-hydrogen) atoms. The molecule has 90 valence electrons. The number of rotatable bonds is 4. The van der Waals surface area contributed by atoms with E-state index in [-0.39, 0.29) is 0 Å². The number of anilines is 1. The van der Waals surface area contributed by atoms with E-state index in [1.807, 2.05) is 0 Å². The Balaban J connectivity index is 3.02. The summed E-state index contributed by atoms with van der Waals surface area (Å²) in [5.74, 6) is -0.415. The van der Waals surface area contributed by atoms with E-state index >= 15 is 0 Å². The van der Waals surface area contributed by atoms with E-state index in [1.54, 1.807) is 6.92 Å². The van der Waals surface area contributed by atoms with Crippen LogP contribution in [0, 0.1) is 5.82 Å². The summed E-state index contributed by atoms with van der Waals surface area (Å²) in [6.45, 7) is 1.29. The van der Waals surface area contributed by atoms with Crippen molar-refractivity contribution in [2.24, 2.45) is 5.73 Å². The van der Waals surface area contributed by atoms with Crippen LogP contribution in [0.2, 0.25) is 0 Å². The molecule has 0 saturated heterocycles. The van der Waals surface area contributed by atoms with Gasteiger partial charge in [0.2, 0.25) is 0 Å². The maximum absolute atomic E-state index is 13.0. The number of nitrogens with two attached hydrogens (primary N) is 1. The molecule has 1 aromatic rings. The predicted molar refractivity (Wildman–Crippen MR) is 58.3 cm³/mol. The van der Waals surface area contributed by atoms with Crippen molar-refractivity contribution in [3.8, 4) is 0 Å². The van der Waals surface area contributed by atoms with Gasteiger partial charge in [-0.05, 0) is 30.7 Å². The van der Waals surface area contributed by atoms with Crippen LogP contribution in [0.4, 0.5) is 18.9 Å². The molecule has 1 aromatic carbocycles. The third kappa shape index (κ3) is 3.13. The van der Waals surface area contributed by atoms with Gasteiger partial charge in [0.15, 0.2) is 0 Å². The van der Waals surface area contributed by atoms with Crippen LogP contribution in [0.1, 0.15) is 18.5 Å². The number of hydrogen-bond acceptors (Lipinski definition) is 2. The topological polar surface area (TPSA) is 29.3 Å². The Hall–Kier alpha value is -1.23. The third-order valence-corrected chi connectivity index (χ3v) is 2.30. The number of halogens is 3. The quantitative estimate of drug-likeness (QED) is 0.864. The fraction of sp³-hybridized carbons (Fsp3) is 0.455. The van der Waals surface area contributed by atoms with E-state index in [4.69, 9.17) is 5.73 Å². The van der Waals surface area contributed by atoms with Crippen molar-refractivity contribution < 1.29 is 13.2 Å². The van der Waals surface area contributed by atoms with Crippen LogP contribution in [0.15, 0.2) is 18.2 Å². The first-order valence-electron chi connectivity index (χ1n) is 4.96. The van der Waals surface area contributed by atoms with E-state index in [2.05, 4.69) is 0 Å². The molecule has 1 atom stereocenters. The zero-order chi connectivity index (χ0) is 12.3. The second-order valence-corrected chi connectivity index (χ2v) is 3.76. The number of hydrogen-bond donors (Lipinski definition) is 1. The van der Waals surface area contributed by atoms with Crippen molar-refractivity contribution in [2.45, 2.75) is 19.4 Å². The van der Waals surface area contributed by atoms with Gasteiger partial charge in [0.25, 0.3) is 6.43 Å². The Morgan fingerprint density at radius 1 is 1.38 bits per heavy atom. The summed E-state index contributed by atoms with van der Waals surface area (Å²) in [6.07, 6.45) is -2.43. The summed E-state index contributed by atoms with van der Waals surface area (Å²) in [6, 6.07) is 3.59. The van der Waals surface area contributed by atoms with Crippen LogP contribution in [0.3, 0.4) is 0 Å². The molecule has 2 N–H and O–H groups in total. The second kappa shape index (κ2) is 5.21. The Morgan fingerprint density at radius 2 is 2.00 bits per heavy atom. The van der Waals surface area contributed by atoms with Gasteiger partial charge in [0, 0.05) is 18.8 Å².